The van der Waals surface area contributed by atoms with Crippen molar-refractivity contribution in [2.45, 2.75) is 168 Å². The molecule has 2 unspecified atom stereocenters. The van der Waals surface area contributed by atoms with Gasteiger partial charge in [-0.3, -0.25) is 13.8 Å². The van der Waals surface area contributed by atoms with Crippen LogP contribution in [0.15, 0.2) is 72.9 Å². The van der Waals surface area contributed by atoms with Gasteiger partial charge in [-0.1, -0.05) is 151 Å². The maximum absolute atomic E-state index is 12.6. The normalized spacial score (nSPS) is 14.3. The lowest BCUT2D eigenvalue weighted by Gasteiger charge is -2.20. The van der Waals surface area contributed by atoms with Crippen molar-refractivity contribution in [3.8, 4) is 0 Å². The van der Waals surface area contributed by atoms with Crippen molar-refractivity contribution >= 4 is 13.8 Å². The van der Waals surface area contributed by atoms with E-state index in [1.165, 1.54) is 44.9 Å². The van der Waals surface area contributed by atoms with Crippen molar-refractivity contribution in [3.05, 3.63) is 72.9 Å². The van der Waals surface area contributed by atoms with E-state index in [-0.39, 0.29) is 32.3 Å². The van der Waals surface area contributed by atoms with E-state index in [2.05, 4.69) is 86.8 Å². The maximum Gasteiger partial charge on any atom is 0.472 e. The van der Waals surface area contributed by atoms with Crippen LogP contribution in [-0.2, 0) is 27.9 Å². The van der Waals surface area contributed by atoms with Gasteiger partial charge in [0.15, 0.2) is 0 Å². The van der Waals surface area contributed by atoms with Crippen LogP contribution in [0.2, 0.25) is 0 Å². The van der Waals surface area contributed by atoms with Gasteiger partial charge in [0, 0.05) is 19.6 Å². The van der Waals surface area contributed by atoms with E-state index in [4.69, 9.17) is 24.3 Å². The third kappa shape index (κ3) is 41.0. The molecule has 9 heteroatoms. The van der Waals surface area contributed by atoms with Crippen LogP contribution in [-0.4, -0.2) is 49.9 Å². The van der Waals surface area contributed by atoms with Crippen LogP contribution in [0.4, 0.5) is 0 Å². The lowest BCUT2D eigenvalue weighted by atomic mass is 10.1. The van der Waals surface area contributed by atoms with Gasteiger partial charge in [-0.05, 0) is 77.0 Å². The van der Waals surface area contributed by atoms with E-state index < -0.39 is 13.9 Å². The molecule has 2 atom stereocenters. The van der Waals surface area contributed by atoms with Gasteiger partial charge in [0.25, 0.3) is 0 Å². The number of unbranched alkanes of at least 4 members (excludes halogenated alkanes) is 14. The molecule has 0 radical (unpaired) electrons. The summed E-state index contributed by atoms with van der Waals surface area (Å²) in [5.41, 5.74) is 5.36. The average Bonchev–Trinajstić information content (AvgIpc) is 3.15. The van der Waals surface area contributed by atoms with Crippen molar-refractivity contribution in [3.63, 3.8) is 0 Å². The largest absolute Gasteiger partial charge is 0.472 e. The fourth-order valence-corrected chi connectivity index (χ4v) is 6.06. The fraction of sp³-hybridized carbons (Fsp3) is 0.705. The summed E-state index contributed by atoms with van der Waals surface area (Å²) in [6.07, 6.45) is 50.6. The molecule has 3 N–H and O–H groups in total. The highest BCUT2D eigenvalue weighted by molar-refractivity contribution is 7.47. The SMILES string of the molecule is CC/C=C\C/C=C\C/C=C\C/C=C\CCCCCCCCCOCC(COP(=O)(O)OCCN)OC(=O)CCCCCCC/C=C\C/C=C\CCCC. The lowest BCUT2D eigenvalue weighted by Crippen LogP contribution is -2.28. The Morgan fingerprint density at radius 3 is 1.58 bits per heavy atom. The zero-order valence-electron chi connectivity index (χ0n) is 33.7. The molecule has 0 heterocycles. The summed E-state index contributed by atoms with van der Waals surface area (Å²) < 4.78 is 33.4. The number of phosphoric acid groups is 1. The number of phosphoric ester groups is 1. The topological polar surface area (TPSA) is 117 Å². The number of nitrogens with two attached hydrogens (primary N) is 1. The van der Waals surface area contributed by atoms with Gasteiger partial charge in [0.2, 0.25) is 0 Å². The number of allylic oxidation sites excluding steroid dienone is 12. The summed E-state index contributed by atoms with van der Waals surface area (Å²) in [5, 5.41) is 0. The molecule has 0 aromatic carbocycles. The highest BCUT2D eigenvalue weighted by Crippen LogP contribution is 2.43. The van der Waals surface area contributed by atoms with Gasteiger partial charge in [0.1, 0.15) is 6.10 Å². The van der Waals surface area contributed by atoms with Crippen LogP contribution >= 0.6 is 7.82 Å². The molecule has 0 amide bonds. The molecule has 0 aliphatic rings. The van der Waals surface area contributed by atoms with E-state index in [1.807, 2.05) is 0 Å². The molecule has 0 bridgehead atoms. The standard InChI is InChI=1S/C44H78NO7P/c1-3-5-7-9-11-13-15-17-19-20-21-22-23-24-26-28-30-32-34-36-39-49-41-43(42-51-53(47,48)50-40-38-45)52-44(46)37-35-33-31-29-27-25-18-16-14-12-10-8-6-4-2/h5,7,10-13,16-19,21-22,43H,3-4,6,8-9,14-15,20,23-42,45H2,1-2H3,(H,47,48)/b7-5-,12-10-,13-11-,18-16-,19-17-,22-21-. The molecular weight excluding hydrogens is 685 g/mol. The summed E-state index contributed by atoms with van der Waals surface area (Å²) in [7, 11) is -4.29. The fourth-order valence-electron chi connectivity index (χ4n) is 5.30. The molecule has 53 heavy (non-hydrogen) atoms. The van der Waals surface area contributed by atoms with E-state index in [0.717, 1.165) is 96.3 Å². The Morgan fingerprint density at radius 1 is 0.585 bits per heavy atom. The van der Waals surface area contributed by atoms with Gasteiger partial charge in [-0.2, -0.15) is 0 Å². The molecule has 0 rings (SSSR count). The quantitative estimate of drug-likeness (QED) is 0.0275. The van der Waals surface area contributed by atoms with Crippen LogP contribution in [0.5, 0.6) is 0 Å². The Hall–Kier alpha value is -2.06. The van der Waals surface area contributed by atoms with Crippen molar-refractivity contribution in [1.82, 2.24) is 0 Å². The van der Waals surface area contributed by atoms with E-state index in [1.54, 1.807) is 0 Å². The summed E-state index contributed by atoms with van der Waals surface area (Å²) in [6.45, 7) is 4.70. The van der Waals surface area contributed by atoms with Gasteiger partial charge in [-0.25, -0.2) is 4.57 Å². The predicted octanol–water partition coefficient (Wildman–Crippen LogP) is 12.4. The second kappa shape index (κ2) is 41.1. The molecule has 0 spiro atoms. The molecule has 0 saturated carbocycles. The monoisotopic (exact) mass is 764 g/mol. The Kier molecular flexibility index (Phi) is 39.5. The van der Waals surface area contributed by atoms with Crippen molar-refractivity contribution in [2.75, 3.05) is 33.0 Å². The molecule has 306 valence electrons. The average molecular weight is 764 g/mol. The second-order valence-electron chi connectivity index (χ2n) is 13.5. The predicted molar refractivity (Wildman–Crippen MR) is 224 cm³/mol. The summed E-state index contributed by atoms with van der Waals surface area (Å²) in [6, 6.07) is 0. The van der Waals surface area contributed by atoms with Gasteiger partial charge in [-0.15, -0.1) is 0 Å². The van der Waals surface area contributed by atoms with Crippen LogP contribution in [0, 0.1) is 0 Å². The highest BCUT2D eigenvalue weighted by Gasteiger charge is 2.25. The number of carbonyl (C=O) groups is 1. The lowest BCUT2D eigenvalue weighted by molar-refractivity contribution is -0.154. The van der Waals surface area contributed by atoms with E-state index >= 15 is 0 Å². The summed E-state index contributed by atoms with van der Waals surface area (Å²) in [4.78, 5) is 22.4. The smallest absolute Gasteiger partial charge is 0.457 e. The van der Waals surface area contributed by atoms with Crippen molar-refractivity contribution in [1.29, 1.82) is 0 Å². The first-order valence-corrected chi connectivity index (χ1v) is 22.4. The van der Waals surface area contributed by atoms with Crippen molar-refractivity contribution in [2.24, 2.45) is 5.73 Å². The Balaban J connectivity index is 4.09. The number of rotatable bonds is 39. The molecule has 0 fully saturated rings. The Bertz CT molecular complexity index is 1040. The van der Waals surface area contributed by atoms with Gasteiger partial charge >= 0.3 is 13.8 Å². The molecule has 0 aliphatic heterocycles. The van der Waals surface area contributed by atoms with E-state index in [9.17, 15) is 14.3 Å². The van der Waals surface area contributed by atoms with Crippen LogP contribution < -0.4 is 5.73 Å². The third-order valence-electron chi connectivity index (χ3n) is 8.36. The van der Waals surface area contributed by atoms with Gasteiger partial charge < -0.3 is 20.1 Å². The zero-order valence-corrected chi connectivity index (χ0v) is 34.6. The molecular formula is C44H78NO7P. The maximum atomic E-state index is 12.6. The number of ether oxygens (including phenoxy) is 2. The third-order valence-corrected chi connectivity index (χ3v) is 9.34. The number of hydrogen-bond donors (Lipinski definition) is 2. The summed E-state index contributed by atoms with van der Waals surface area (Å²) in [5.74, 6) is -0.352. The van der Waals surface area contributed by atoms with Crippen LogP contribution in [0.3, 0.4) is 0 Å². The van der Waals surface area contributed by atoms with Crippen molar-refractivity contribution < 1.29 is 32.8 Å². The molecule has 0 aromatic rings. The molecule has 0 aliphatic carbocycles. The minimum atomic E-state index is -4.29. The minimum Gasteiger partial charge on any atom is -0.457 e. The number of carbonyl (C=O) groups excluding carboxylic acids is 1. The molecule has 8 nitrogen and oxygen atoms in total. The number of esters is 1. The van der Waals surface area contributed by atoms with Crippen LogP contribution in [0.1, 0.15) is 162 Å². The Morgan fingerprint density at radius 2 is 1.06 bits per heavy atom. The zero-order chi connectivity index (χ0) is 38.8. The first kappa shape index (κ1) is 50.9. The molecule has 0 saturated heterocycles. The minimum absolute atomic E-state index is 0.0922. The van der Waals surface area contributed by atoms with Gasteiger partial charge in [0.05, 0.1) is 19.8 Å². The first-order chi connectivity index (χ1) is 25.9. The van der Waals surface area contributed by atoms with Crippen LogP contribution in [0.25, 0.3) is 0 Å². The first-order valence-electron chi connectivity index (χ1n) is 20.9. The molecule has 0 aromatic heterocycles. The summed E-state index contributed by atoms with van der Waals surface area (Å²) >= 11 is 0. The second-order valence-corrected chi connectivity index (χ2v) is 14.9. The Labute approximate surface area is 325 Å². The number of hydrogen-bond acceptors (Lipinski definition) is 7. The van der Waals surface area contributed by atoms with E-state index in [0.29, 0.717) is 13.0 Å². The highest BCUT2D eigenvalue weighted by atomic mass is 31.2.